The molecule has 5 aliphatic heterocycles. The van der Waals surface area contributed by atoms with Gasteiger partial charge in [-0.1, -0.05) is 0 Å². The van der Waals surface area contributed by atoms with Gasteiger partial charge in [-0.15, -0.1) is 0 Å². The molecule has 0 aromatic rings. The van der Waals surface area contributed by atoms with Crippen molar-refractivity contribution in [1.29, 1.82) is 0 Å². The number of ether oxygens (including phenoxy) is 9. The van der Waals surface area contributed by atoms with Crippen LogP contribution in [0.5, 0.6) is 0 Å². The Balaban J connectivity index is 1.32. The summed E-state index contributed by atoms with van der Waals surface area (Å²) >= 11 is 0. The highest BCUT2D eigenvalue weighted by molar-refractivity contribution is 4.98. The van der Waals surface area contributed by atoms with E-state index in [1.807, 2.05) is 0 Å². The Morgan fingerprint density at radius 3 is 1.21 bits per heavy atom. The second-order valence-electron chi connectivity index (χ2n) is 13.9. The molecule has 22 nitrogen and oxygen atoms in total. The zero-order valence-electron chi connectivity index (χ0n) is 28.6. The summed E-state index contributed by atoms with van der Waals surface area (Å²) in [5.41, 5.74) is 0. The van der Waals surface area contributed by atoms with Gasteiger partial charge in [0.05, 0.1) is 31.0 Å². The normalized spacial score (nSPS) is 56.4. The first-order valence-corrected chi connectivity index (χ1v) is 17.0. The summed E-state index contributed by atoms with van der Waals surface area (Å²) in [6.45, 7) is 4.90. The molecular weight excluding hydrogens is 712 g/mol. The predicted octanol–water partition coefficient (Wildman–Crippen LogP) is -7.81. The van der Waals surface area contributed by atoms with E-state index in [9.17, 15) is 66.4 Å². The second kappa shape index (κ2) is 17.1. The lowest BCUT2D eigenvalue weighted by Gasteiger charge is -2.50. The molecule has 0 radical (unpaired) electrons. The topological polar surface area (TPSA) is 346 Å². The van der Waals surface area contributed by atoms with Crippen LogP contribution < -0.4 is 0 Å². The maximum absolute atomic E-state index is 11.6. The molecule has 1 unspecified atom stereocenters. The molecule has 52 heavy (non-hydrogen) atoms. The zero-order valence-corrected chi connectivity index (χ0v) is 28.6. The average molecular weight is 765 g/mol. The highest BCUT2D eigenvalue weighted by atomic mass is 16.8. The van der Waals surface area contributed by atoms with Crippen molar-refractivity contribution in [3.8, 4) is 0 Å². The van der Waals surface area contributed by atoms with Gasteiger partial charge in [0, 0.05) is 0 Å². The maximum atomic E-state index is 11.6. The molecule has 0 saturated carbocycles. The Morgan fingerprint density at radius 2 is 0.712 bits per heavy atom. The lowest BCUT2D eigenvalue weighted by atomic mass is 9.95. The summed E-state index contributed by atoms with van der Waals surface area (Å²) in [7, 11) is 0. The van der Waals surface area contributed by atoms with Crippen LogP contribution in [-0.2, 0) is 42.6 Å². The molecule has 5 heterocycles. The maximum Gasteiger partial charge on any atom is 0.187 e. The molecule has 5 rings (SSSR count). The van der Waals surface area contributed by atoms with E-state index in [4.69, 9.17) is 42.6 Å². The Kier molecular flexibility index (Phi) is 13.9. The van der Waals surface area contributed by atoms with Crippen molar-refractivity contribution in [2.75, 3.05) is 6.61 Å². The third kappa shape index (κ3) is 8.29. The average Bonchev–Trinajstić information content (AvgIpc) is 3.10. The summed E-state index contributed by atoms with van der Waals surface area (Å²) in [6, 6.07) is 0. The number of aliphatic hydroxyl groups excluding tert-OH is 13. The highest BCUT2D eigenvalue weighted by Crippen LogP contribution is 2.36. The van der Waals surface area contributed by atoms with Crippen molar-refractivity contribution >= 4 is 0 Å². The van der Waals surface area contributed by atoms with Gasteiger partial charge in [-0.2, -0.15) is 0 Å². The van der Waals surface area contributed by atoms with Crippen LogP contribution in [0, 0.1) is 0 Å². The SMILES string of the molecule is C[C@@H]1O[C@@H](O[C@@H]2[C@@H](O[C@@H]3O[C@@H](C)[C@H](O)[C@@H](O)[C@H]3O)[C@@H](O)[C@H](O[C@@H]3[C@@H](O)[C@@H](O)[C@H](O[C@H]4C(O)O[C@H](CO)[C@@H](O)[C@@H]4O)O[C@H]3C)O[C@H]2C)[C@H](O)[C@H](O)[C@H]1O. The molecule has 0 aromatic carbocycles. The zero-order chi connectivity index (χ0) is 38.5. The Labute approximate surface area is 297 Å². The van der Waals surface area contributed by atoms with Gasteiger partial charge in [-0.3, -0.25) is 0 Å². The van der Waals surface area contributed by atoms with Crippen molar-refractivity contribution in [1.82, 2.24) is 0 Å². The number of rotatable bonds is 9. The van der Waals surface area contributed by atoms with Crippen LogP contribution in [0.15, 0.2) is 0 Å². The van der Waals surface area contributed by atoms with E-state index in [-0.39, 0.29) is 0 Å². The third-order valence-corrected chi connectivity index (χ3v) is 10.2. The fourth-order valence-corrected chi connectivity index (χ4v) is 6.84. The second-order valence-corrected chi connectivity index (χ2v) is 13.9. The largest absolute Gasteiger partial charge is 0.394 e. The van der Waals surface area contributed by atoms with Crippen LogP contribution in [0.25, 0.3) is 0 Å². The van der Waals surface area contributed by atoms with Crippen LogP contribution in [0.3, 0.4) is 0 Å². The monoisotopic (exact) mass is 764 g/mol. The summed E-state index contributed by atoms with van der Waals surface area (Å²) < 4.78 is 51.0. The van der Waals surface area contributed by atoms with Gasteiger partial charge in [-0.05, 0) is 27.7 Å². The molecule has 5 saturated heterocycles. The summed E-state index contributed by atoms with van der Waals surface area (Å²) in [5, 5.41) is 136. The van der Waals surface area contributed by atoms with Gasteiger partial charge >= 0.3 is 0 Å². The highest BCUT2D eigenvalue weighted by Gasteiger charge is 2.56. The molecule has 5 fully saturated rings. The summed E-state index contributed by atoms with van der Waals surface area (Å²) in [4.78, 5) is 0. The van der Waals surface area contributed by atoms with Crippen molar-refractivity contribution in [3.63, 3.8) is 0 Å². The molecule has 5 aliphatic rings. The minimum Gasteiger partial charge on any atom is -0.394 e. The van der Waals surface area contributed by atoms with Gasteiger partial charge in [-0.25, -0.2) is 0 Å². The van der Waals surface area contributed by atoms with Crippen molar-refractivity contribution in [3.05, 3.63) is 0 Å². The Hall–Kier alpha value is -0.880. The van der Waals surface area contributed by atoms with Crippen molar-refractivity contribution < 1.29 is 109 Å². The van der Waals surface area contributed by atoms with Crippen LogP contribution in [0.1, 0.15) is 27.7 Å². The fourth-order valence-electron chi connectivity index (χ4n) is 6.84. The molecule has 22 heteroatoms. The quantitative estimate of drug-likeness (QED) is 0.104. The van der Waals surface area contributed by atoms with E-state index >= 15 is 0 Å². The summed E-state index contributed by atoms with van der Waals surface area (Å²) in [6.07, 6.45) is -39.7. The van der Waals surface area contributed by atoms with E-state index in [1.165, 1.54) is 27.7 Å². The molecular formula is C30H52O22. The van der Waals surface area contributed by atoms with Crippen LogP contribution >= 0.6 is 0 Å². The van der Waals surface area contributed by atoms with E-state index in [1.54, 1.807) is 0 Å². The molecule has 0 aliphatic carbocycles. The third-order valence-electron chi connectivity index (χ3n) is 10.2. The van der Waals surface area contributed by atoms with E-state index in [0.717, 1.165) is 0 Å². The van der Waals surface area contributed by atoms with Crippen LogP contribution in [0.4, 0.5) is 0 Å². The Bertz CT molecular complexity index is 1140. The van der Waals surface area contributed by atoms with Gasteiger partial charge in [0.1, 0.15) is 97.7 Å². The minimum absolute atomic E-state index is 0.729. The standard InChI is InChI=1S/C30H52O22/c1-6-11(32)14(35)18(39)27(44-6)50-23-9(4)47-30(21(42)24(23)51-28-19(40)15(36)12(33)7(2)45-28)49-22-8(3)46-29(20(41)17(22)38)52-25-16(37)13(34)10(5-31)48-26(25)43/h6-43H,5H2,1-4H3/t6-,7-,8-,9-,10+,11-,12-,13+,14+,15+,16-,17-,18+,19+,20+,21+,22-,23-,24-,25+,26?,27-,28-,29-,30-/m0/s1. The van der Waals surface area contributed by atoms with Crippen molar-refractivity contribution in [2.45, 2.75) is 181 Å². The smallest absolute Gasteiger partial charge is 0.187 e. The number of aliphatic hydroxyl groups is 13. The molecule has 0 amide bonds. The molecule has 13 N–H and O–H groups in total. The van der Waals surface area contributed by atoms with Gasteiger partial charge in [0.2, 0.25) is 0 Å². The van der Waals surface area contributed by atoms with Gasteiger partial charge < -0.3 is 109 Å². The lowest BCUT2D eigenvalue weighted by Crippen LogP contribution is -2.67. The minimum atomic E-state index is -1.93. The Morgan fingerprint density at radius 1 is 0.346 bits per heavy atom. The van der Waals surface area contributed by atoms with E-state index in [2.05, 4.69) is 0 Å². The number of hydrogen-bond donors (Lipinski definition) is 13. The fraction of sp³-hybridized carbons (Fsp3) is 1.00. The first-order valence-electron chi connectivity index (χ1n) is 17.0. The summed E-state index contributed by atoms with van der Waals surface area (Å²) in [5.74, 6) is 0. The predicted molar refractivity (Wildman–Crippen MR) is 161 cm³/mol. The lowest BCUT2D eigenvalue weighted by molar-refractivity contribution is -0.398. The molecule has 0 bridgehead atoms. The first-order chi connectivity index (χ1) is 24.4. The van der Waals surface area contributed by atoms with Crippen molar-refractivity contribution in [2.24, 2.45) is 0 Å². The first kappa shape index (κ1) is 42.3. The molecule has 0 aromatic heterocycles. The molecule has 304 valence electrons. The molecule has 25 atom stereocenters. The van der Waals surface area contributed by atoms with Gasteiger partial charge in [0.15, 0.2) is 31.5 Å². The van der Waals surface area contributed by atoms with Crippen LogP contribution in [-0.4, -0.2) is 227 Å². The van der Waals surface area contributed by atoms with E-state index in [0.29, 0.717) is 0 Å². The molecule has 0 spiro atoms. The number of hydrogen-bond acceptors (Lipinski definition) is 22. The van der Waals surface area contributed by atoms with Gasteiger partial charge in [0.25, 0.3) is 0 Å². The van der Waals surface area contributed by atoms with Crippen LogP contribution in [0.2, 0.25) is 0 Å². The van der Waals surface area contributed by atoms with E-state index < -0.39 is 160 Å².